The van der Waals surface area contributed by atoms with Gasteiger partial charge in [0, 0.05) is 38.1 Å². The van der Waals surface area contributed by atoms with Crippen LogP contribution in [0.5, 0.6) is 5.75 Å². The van der Waals surface area contributed by atoms with Crippen LogP contribution in [-0.4, -0.2) is 69.6 Å². The Balaban J connectivity index is 1.41. The van der Waals surface area contributed by atoms with Gasteiger partial charge in [0.1, 0.15) is 11.3 Å². The van der Waals surface area contributed by atoms with Crippen LogP contribution in [0.3, 0.4) is 0 Å². The fourth-order valence-corrected chi connectivity index (χ4v) is 4.18. The van der Waals surface area contributed by atoms with Crippen molar-refractivity contribution in [2.45, 2.75) is 0 Å². The number of pyridine rings is 1. The third-order valence-electron chi connectivity index (χ3n) is 6.02. The van der Waals surface area contributed by atoms with Crippen LogP contribution in [0.25, 0.3) is 16.9 Å². The summed E-state index contributed by atoms with van der Waals surface area (Å²) in [6.07, 6.45) is 1.57. The Morgan fingerprint density at radius 1 is 0.889 bits per heavy atom. The van der Waals surface area contributed by atoms with Crippen molar-refractivity contribution in [1.82, 2.24) is 24.3 Å². The maximum Gasteiger partial charge on any atom is 0.321 e. The molecule has 1 aliphatic rings. The Labute approximate surface area is 206 Å². The first kappa shape index (κ1) is 23.0. The zero-order chi connectivity index (χ0) is 25.1. The minimum atomic E-state index is -0.583. The summed E-state index contributed by atoms with van der Waals surface area (Å²) >= 11 is 0. The number of anilines is 1. The second-order valence-corrected chi connectivity index (χ2v) is 8.19. The van der Waals surface area contributed by atoms with Crippen molar-refractivity contribution >= 4 is 28.8 Å². The zero-order valence-corrected chi connectivity index (χ0v) is 19.6. The number of methoxy groups -OCH3 is 1. The van der Waals surface area contributed by atoms with Crippen molar-refractivity contribution in [1.29, 1.82) is 0 Å². The van der Waals surface area contributed by atoms with Crippen LogP contribution in [0.15, 0.2) is 77.7 Å². The first-order chi connectivity index (χ1) is 17.6. The molecule has 0 saturated carbocycles. The monoisotopic (exact) mass is 484 g/mol. The van der Waals surface area contributed by atoms with Gasteiger partial charge < -0.3 is 19.9 Å². The summed E-state index contributed by atoms with van der Waals surface area (Å²) in [4.78, 5) is 51.6. The molecule has 10 heteroatoms. The molecular formula is C26H24N6O4. The summed E-state index contributed by atoms with van der Waals surface area (Å²) in [5.74, 6) is -0.0216. The lowest BCUT2D eigenvalue weighted by molar-refractivity contribution is 0.0664. The standard InChI is InChI=1S/C26H24N6O4/c1-36-21-12-6-5-11-20(21)32-23-19(10-7-13-27-23)29-22(25(32)34)24(33)30-14-16-31(17-15-30)26(35)28-18-8-3-2-4-9-18/h2-13H,14-17H2,1H3,(H,28,35). The topological polar surface area (TPSA) is 110 Å². The van der Waals surface area contributed by atoms with E-state index in [9.17, 15) is 14.4 Å². The Bertz CT molecular complexity index is 1480. The number of aromatic nitrogens is 3. The lowest BCUT2D eigenvalue weighted by Crippen LogP contribution is -2.52. The van der Waals surface area contributed by atoms with Crippen LogP contribution in [0.4, 0.5) is 10.5 Å². The highest BCUT2D eigenvalue weighted by Gasteiger charge is 2.29. The van der Waals surface area contributed by atoms with Crippen molar-refractivity contribution in [3.63, 3.8) is 0 Å². The summed E-state index contributed by atoms with van der Waals surface area (Å²) in [7, 11) is 1.51. The summed E-state index contributed by atoms with van der Waals surface area (Å²) in [6.45, 7) is 1.23. The number of amides is 3. The molecule has 0 spiro atoms. The number of hydrogen-bond acceptors (Lipinski definition) is 6. The maximum atomic E-state index is 13.6. The number of para-hydroxylation sites is 3. The molecule has 0 bridgehead atoms. The number of nitrogens with one attached hydrogen (secondary N) is 1. The molecule has 3 heterocycles. The number of carbonyl (C=O) groups is 2. The smallest absolute Gasteiger partial charge is 0.321 e. The summed E-state index contributed by atoms with van der Waals surface area (Å²) < 4.78 is 6.81. The lowest BCUT2D eigenvalue weighted by atomic mass is 10.2. The molecule has 0 unspecified atom stereocenters. The Kier molecular flexibility index (Phi) is 6.31. The quantitative estimate of drug-likeness (QED) is 0.477. The van der Waals surface area contributed by atoms with Gasteiger partial charge in [-0.2, -0.15) is 0 Å². The third-order valence-corrected chi connectivity index (χ3v) is 6.02. The van der Waals surface area contributed by atoms with Gasteiger partial charge in [0.25, 0.3) is 11.5 Å². The number of fused-ring (bicyclic) bond motifs is 1. The average Bonchev–Trinajstić information content (AvgIpc) is 2.93. The van der Waals surface area contributed by atoms with Crippen molar-refractivity contribution in [2.75, 3.05) is 38.6 Å². The normalized spacial score (nSPS) is 13.5. The van der Waals surface area contributed by atoms with Gasteiger partial charge in [-0.3, -0.25) is 14.2 Å². The molecule has 3 amide bonds. The van der Waals surface area contributed by atoms with Gasteiger partial charge in [0.15, 0.2) is 11.3 Å². The molecule has 4 aromatic rings. The van der Waals surface area contributed by atoms with E-state index in [4.69, 9.17) is 4.74 Å². The van der Waals surface area contributed by atoms with Crippen LogP contribution >= 0.6 is 0 Å². The molecule has 36 heavy (non-hydrogen) atoms. The zero-order valence-electron chi connectivity index (χ0n) is 19.6. The molecule has 1 N–H and O–H groups in total. The molecule has 2 aromatic heterocycles. The van der Waals surface area contributed by atoms with Crippen LogP contribution in [0.1, 0.15) is 10.5 Å². The summed E-state index contributed by atoms with van der Waals surface area (Å²) in [5.41, 5.74) is 1.11. The van der Waals surface area contributed by atoms with Gasteiger partial charge in [-0.25, -0.2) is 14.8 Å². The second kappa shape index (κ2) is 9.87. The lowest BCUT2D eigenvalue weighted by Gasteiger charge is -2.34. The van der Waals surface area contributed by atoms with Crippen LogP contribution in [-0.2, 0) is 0 Å². The van der Waals surface area contributed by atoms with E-state index in [2.05, 4.69) is 15.3 Å². The molecule has 0 atom stereocenters. The number of carbonyl (C=O) groups excluding carboxylic acids is 2. The van der Waals surface area contributed by atoms with Crippen LogP contribution in [0, 0.1) is 0 Å². The van der Waals surface area contributed by atoms with Crippen molar-refractivity contribution in [3.05, 3.63) is 89.0 Å². The SMILES string of the molecule is COc1ccccc1-n1c(=O)c(C(=O)N2CCN(C(=O)Nc3ccccc3)CC2)nc2cccnc21. The van der Waals surface area contributed by atoms with Crippen LogP contribution in [0.2, 0.25) is 0 Å². The Morgan fingerprint density at radius 3 is 2.33 bits per heavy atom. The molecule has 1 fully saturated rings. The van der Waals surface area contributed by atoms with E-state index in [0.717, 1.165) is 0 Å². The van der Waals surface area contributed by atoms with E-state index < -0.39 is 11.5 Å². The molecule has 5 rings (SSSR count). The fraction of sp³-hybridized carbons (Fsp3) is 0.192. The van der Waals surface area contributed by atoms with E-state index >= 15 is 0 Å². The maximum absolute atomic E-state index is 13.6. The van der Waals surface area contributed by atoms with E-state index in [1.807, 2.05) is 30.3 Å². The van der Waals surface area contributed by atoms with Crippen molar-refractivity contribution in [3.8, 4) is 11.4 Å². The molecule has 1 aliphatic heterocycles. The second-order valence-electron chi connectivity index (χ2n) is 8.19. The number of nitrogens with zero attached hydrogens (tertiary/aromatic N) is 5. The fourth-order valence-electron chi connectivity index (χ4n) is 4.18. The van der Waals surface area contributed by atoms with Gasteiger partial charge in [-0.1, -0.05) is 30.3 Å². The largest absolute Gasteiger partial charge is 0.495 e. The minimum Gasteiger partial charge on any atom is -0.495 e. The Hall–Kier alpha value is -4.73. The highest BCUT2D eigenvalue weighted by Crippen LogP contribution is 2.23. The van der Waals surface area contributed by atoms with Gasteiger partial charge in [-0.05, 0) is 36.4 Å². The summed E-state index contributed by atoms with van der Waals surface area (Å²) in [6, 6.07) is 19.4. The number of piperazine rings is 1. The summed E-state index contributed by atoms with van der Waals surface area (Å²) in [5, 5.41) is 2.85. The van der Waals surface area contributed by atoms with E-state index in [-0.39, 0.29) is 24.8 Å². The van der Waals surface area contributed by atoms with Gasteiger partial charge >= 0.3 is 6.03 Å². The molecule has 10 nitrogen and oxygen atoms in total. The van der Waals surface area contributed by atoms with Crippen molar-refractivity contribution < 1.29 is 14.3 Å². The number of ether oxygens (including phenoxy) is 1. The van der Waals surface area contributed by atoms with E-state index in [1.54, 1.807) is 52.4 Å². The third kappa shape index (κ3) is 4.36. The molecule has 1 saturated heterocycles. The first-order valence-corrected chi connectivity index (χ1v) is 11.5. The predicted octanol–water partition coefficient (Wildman–Crippen LogP) is 2.78. The van der Waals surface area contributed by atoms with Crippen molar-refractivity contribution in [2.24, 2.45) is 0 Å². The van der Waals surface area contributed by atoms with Gasteiger partial charge in [0.05, 0.1) is 12.8 Å². The van der Waals surface area contributed by atoms with E-state index in [1.165, 1.54) is 11.7 Å². The molecule has 2 aromatic carbocycles. The van der Waals surface area contributed by atoms with Crippen LogP contribution < -0.4 is 15.6 Å². The number of urea groups is 1. The molecule has 0 radical (unpaired) electrons. The highest BCUT2D eigenvalue weighted by atomic mass is 16.5. The number of rotatable bonds is 4. The molecule has 0 aliphatic carbocycles. The number of benzene rings is 2. The van der Waals surface area contributed by atoms with Gasteiger partial charge in [-0.15, -0.1) is 0 Å². The minimum absolute atomic E-state index is 0.205. The molecular weight excluding hydrogens is 460 g/mol. The molecule has 182 valence electrons. The average molecular weight is 485 g/mol. The van der Waals surface area contributed by atoms with Gasteiger partial charge in [0.2, 0.25) is 0 Å². The highest BCUT2D eigenvalue weighted by molar-refractivity contribution is 5.94. The van der Waals surface area contributed by atoms with E-state index in [0.29, 0.717) is 41.4 Å². The Morgan fingerprint density at radius 2 is 1.58 bits per heavy atom. The number of hydrogen-bond donors (Lipinski definition) is 1. The first-order valence-electron chi connectivity index (χ1n) is 11.5. The predicted molar refractivity (Wildman–Crippen MR) is 135 cm³/mol.